The highest BCUT2D eigenvalue weighted by Gasteiger charge is 2.33. The maximum absolute atomic E-state index is 13.6. The summed E-state index contributed by atoms with van der Waals surface area (Å²) in [4.78, 5) is 15.5. The Morgan fingerprint density at radius 1 is 0.667 bits per heavy atom. The van der Waals surface area contributed by atoms with E-state index in [0.29, 0.717) is 43.2 Å². The lowest BCUT2D eigenvalue weighted by atomic mass is 9.78. The summed E-state index contributed by atoms with van der Waals surface area (Å²) in [5, 5.41) is 30.5. The first-order valence-corrected chi connectivity index (χ1v) is 17.6. The predicted molar refractivity (Wildman–Crippen MR) is 199 cm³/mol. The van der Waals surface area contributed by atoms with Gasteiger partial charge in [0.05, 0.1) is 0 Å². The van der Waals surface area contributed by atoms with Crippen LogP contribution in [0.25, 0.3) is 0 Å². The molecule has 262 valence electrons. The first-order valence-electron chi connectivity index (χ1n) is 17.6. The van der Waals surface area contributed by atoms with Crippen LogP contribution in [0, 0.1) is 0 Å². The van der Waals surface area contributed by atoms with Crippen LogP contribution in [0.1, 0.15) is 133 Å². The van der Waals surface area contributed by atoms with E-state index in [2.05, 4.69) is 118 Å². The zero-order valence-electron chi connectivity index (χ0n) is 31.6. The highest BCUT2D eigenvalue weighted by molar-refractivity contribution is 5.94. The van der Waals surface area contributed by atoms with E-state index in [-0.39, 0.29) is 39.7 Å². The number of piperidine rings is 1. The monoisotopic (exact) mass is 655 g/mol. The van der Waals surface area contributed by atoms with E-state index in [1.54, 1.807) is 0 Å². The Kier molecular flexibility index (Phi) is 10.8. The van der Waals surface area contributed by atoms with Crippen molar-refractivity contribution in [3.63, 3.8) is 0 Å². The van der Waals surface area contributed by atoms with Gasteiger partial charge >= 0.3 is 0 Å². The van der Waals surface area contributed by atoms with Crippen molar-refractivity contribution in [2.45, 2.75) is 136 Å². The fourth-order valence-electron chi connectivity index (χ4n) is 6.50. The lowest BCUT2D eigenvalue weighted by Crippen LogP contribution is -2.59. The summed E-state index contributed by atoms with van der Waals surface area (Å²) >= 11 is 0. The van der Waals surface area contributed by atoms with E-state index in [1.807, 2.05) is 35.2 Å². The highest BCUT2D eigenvalue weighted by Crippen LogP contribution is 2.39. The summed E-state index contributed by atoms with van der Waals surface area (Å²) in [5.41, 5.74) is 6.15. The number of aromatic hydroxyl groups is 2. The number of hydrogen-bond acceptors (Lipinski definition) is 5. The normalized spacial score (nSPS) is 17.9. The molecule has 0 aliphatic carbocycles. The SMILES string of the molecule is CC(C)(C)c1cc(CN[C@H]2CCN(C(=O)c3ccccc3)C[C@@H]2NCc2cc(C(C)(C)C)cc(C(C)(C)C)c2O)c(O)c(C(C)(C)C)c1. The van der Waals surface area contributed by atoms with Gasteiger partial charge in [-0.2, -0.15) is 0 Å². The first kappa shape index (κ1) is 37.5. The third-order valence-electron chi connectivity index (χ3n) is 9.76. The fraction of sp³-hybridized carbons (Fsp3) is 0.548. The lowest BCUT2D eigenvalue weighted by Gasteiger charge is -2.40. The van der Waals surface area contributed by atoms with Crippen LogP contribution < -0.4 is 10.6 Å². The van der Waals surface area contributed by atoms with Crippen molar-refractivity contribution in [1.29, 1.82) is 0 Å². The number of nitrogens with one attached hydrogen (secondary N) is 2. The summed E-state index contributed by atoms with van der Waals surface area (Å²) < 4.78 is 0. The number of carbonyl (C=O) groups excluding carboxylic acids is 1. The molecule has 4 rings (SSSR count). The van der Waals surface area contributed by atoms with E-state index < -0.39 is 0 Å². The molecule has 1 heterocycles. The van der Waals surface area contributed by atoms with Crippen LogP contribution in [0.5, 0.6) is 11.5 Å². The van der Waals surface area contributed by atoms with Gasteiger partial charge in [0.1, 0.15) is 11.5 Å². The van der Waals surface area contributed by atoms with Gasteiger partial charge in [0.15, 0.2) is 0 Å². The average Bonchev–Trinajstić information content (AvgIpc) is 2.98. The zero-order valence-corrected chi connectivity index (χ0v) is 31.6. The molecule has 3 aromatic carbocycles. The van der Waals surface area contributed by atoms with Gasteiger partial charge in [-0.3, -0.25) is 4.79 Å². The third kappa shape index (κ3) is 8.81. The number of rotatable bonds is 7. The molecule has 4 N–H and O–H groups in total. The molecule has 0 bridgehead atoms. The topological polar surface area (TPSA) is 84.8 Å². The highest BCUT2D eigenvalue weighted by atomic mass is 16.3. The summed E-state index contributed by atoms with van der Waals surface area (Å²) in [7, 11) is 0. The number of amides is 1. The molecule has 0 radical (unpaired) electrons. The number of carbonyl (C=O) groups is 1. The van der Waals surface area contributed by atoms with E-state index in [9.17, 15) is 15.0 Å². The molecule has 1 fully saturated rings. The number of nitrogens with zero attached hydrogens (tertiary/aromatic N) is 1. The van der Waals surface area contributed by atoms with Crippen molar-refractivity contribution in [3.05, 3.63) is 93.5 Å². The Morgan fingerprint density at radius 3 is 1.52 bits per heavy atom. The predicted octanol–water partition coefficient (Wildman–Crippen LogP) is 8.45. The lowest BCUT2D eigenvalue weighted by molar-refractivity contribution is 0.0661. The molecular formula is C42H61N3O3. The standard InChI is InChI=1S/C42H61N3O3/c1-39(2,3)30-20-28(36(46)32(22-30)41(7,8)9)24-43-34-18-19-45(38(48)27-16-14-13-15-17-27)26-35(34)44-25-29-21-31(40(4,5)6)23-33(37(29)47)42(10,11)12/h13-17,20-23,34-35,43-44,46-47H,18-19,24-26H2,1-12H3/t34-,35-/m0/s1. The molecule has 1 amide bonds. The second-order valence-corrected chi connectivity index (χ2v) is 17.9. The quantitative estimate of drug-likeness (QED) is 0.205. The van der Waals surface area contributed by atoms with Crippen LogP contribution in [0.3, 0.4) is 0 Å². The molecule has 2 atom stereocenters. The summed E-state index contributed by atoms with van der Waals surface area (Å²) in [6.07, 6.45) is 0.753. The Bertz CT molecular complexity index is 1580. The van der Waals surface area contributed by atoms with E-state index >= 15 is 0 Å². The maximum atomic E-state index is 13.6. The molecule has 6 nitrogen and oxygen atoms in total. The van der Waals surface area contributed by atoms with E-state index in [1.165, 1.54) is 11.1 Å². The molecule has 1 saturated heterocycles. The van der Waals surface area contributed by atoms with Crippen molar-refractivity contribution >= 4 is 5.91 Å². The van der Waals surface area contributed by atoms with Crippen molar-refractivity contribution in [3.8, 4) is 11.5 Å². The second-order valence-electron chi connectivity index (χ2n) is 17.9. The summed E-state index contributed by atoms with van der Waals surface area (Å²) in [6.45, 7) is 28.2. The van der Waals surface area contributed by atoms with Gasteiger partial charge in [-0.25, -0.2) is 0 Å². The Balaban J connectivity index is 1.66. The van der Waals surface area contributed by atoms with E-state index in [4.69, 9.17) is 0 Å². The Labute approximate surface area is 290 Å². The van der Waals surface area contributed by atoms with Crippen LogP contribution in [-0.4, -0.2) is 46.2 Å². The van der Waals surface area contributed by atoms with Crippen molar-refractivity contribution < 1.29 is 15.0 Å². The molecule has 0 spiro atoms. The van der Waals surface area contributed by atoms with Gasteiger partial charge < -0.3 is 25.7 Å². The van der Waals surface area contributed by atoms with Crippen molar-refractivity contribution in [2.75, 3.05) is 13.1 Å². The van der Waals surface area contributed by atoms with Gasteiger partial charge in [0, 0.05) is 55.0 Å². The Morgan fingerprint density at radius 2 is 1.10 bits per heavy atom. The number of hydrogen-bond donors (Lipinski definition) is 4. The maximum Gasteiger partial charge on any atom is 0.253 e. The van der Waals surface area contributed by atoms with Gasteiger partial charge in [0.2, 0.25) is 0 Å². The molecular weight excluding hydrogens is 594 g/mol. The summed E-state index contributed by atoms with van der Waals surface area (Å²) in [6, 6.07) is 18.0. The van der Waals surface area contributed by atoms with Crippen molar-refractivity contribution in [1.82, 2.24) is 15.5 Å². The molecule has 1 aliphatic heterocycles. The van der Waals surface area contributed by atoms with Crippen LogP contribution in [0.4, 0.5) is 0 Å². The molecule has 1 aliphatic rings. The van der Waals surface area contributed by atoms with Crippen LogP contribution >= 0.6 is 0 Å². The third-order valence-corrected chi connectivity index (χ3v) is 9.76. The molecule has 0 saturated carbocycles. The largest absolute Gasteiger partial charge is 0.507 e. The average molecular weight is 656 g/mol. The van der Waals surface area contributed by atoms with Crippen molar-refractivity contribution in [2.24, 2.45) is 0 Å². The molecule has 48 heavy (non-hydrogen) atoms. The minimum Gasteiger partial charge on any atom is -0.507 e. The second kappa shape index (κ2) is 13.9. The van der Waals surface area contributed by atoms with Crippen LogP contribution in [0.2, 0.25) is 0 Å². The molecule has 0 unspecified atom stereocenters. The van der Waals surface area contributed by atoms with Gasteiger partial charge in [0.25, 0.3) is 5.91 Å². The minimum absolute atomic E-state index is 0.0267. The first-order chi connectivity index (χ1) is 22.1. The fourth-order valence-corrected chi connectivity index (χ4v) is 6.50. The summed E-state index contributed by atoms with van der Waals surface area (Å²) in [5.74, 6) is 0.709. The van der Waals surface area contributed by atoms with Gasteiger partial charge in [-0.1, -0.05) is 126 Å². The molecule has 3 aromatic rings. The number of likely N-dealkylation sites (tertiary alicyclic amines) is 1. The van der Waals surface area contributed by atoms with Gasteiger partial charge in [-0.15, -0.1) is 0 Å². The van der Waals surface area contributed by atoms with Crippen LogP contribution in [0.15, 0.2) is 54.6 Å². The number of benzene rings is 3. The van der Waals surface area contributed by atoms with E-state index in [0.717, 1.165) is 28.7 Å². The van der Waals surface area contributed by atoms with Gasteiger partial charge in [-0.05, 0) is 62.5 Å². The number of phenols is 2. The zero-order chi connectivity index (χ0) is 35.8. The van der Waals surface area contributed by atoms with Crippen LogP contribution in [-0.2, 0) is 34.7 Å². The number of phenolic OH excluding ortho intramolecular Hbond substituents is 2. The smallest absolute Gasteiger partial charge is 0.253 e. The Hall–Kier alpha value is -3.35. The molecule has 6 heteroatoms. The molecule has 0 aromatic heterocycles. The minimum atomic E-state index is -0.219.